The SMILES string of the molecule is CNC(=O)NC(=O)[C@@H](C)N(C)CC(=O)Nc1ccc(N2CCOCC2)cc1. The van der Waals surface area contributed by atoms with Crippen molar-refractivity contribution in [3.8, 4) is 0 Å². The molecule has 0 saturated carbocycles. The summed E-state index contributed by atoms with van der Waals surface area (Å²) in [5.74, 6) is -0.712. The van der Waals surface area contributed by atoms with Crippen molar-refractivity contribution < 1.29 is 19.1 Å². The quantitative estimate of drug-likeness (QED) is 0.656. The predicted octanol–water partition coefficient (Wildman–Crippen LogP) is 0.238. The van der Waals surface area contributed by atoms with E-state index >= 15 is 0 Å². The molecule has 1 fully saturated rings. The molecule has 1 aliphatic rings. The summed E-state index contributed by atoms with van der Waals surface area (Å²) in [5, 5.41) is 7.32. The third-order valence-corrected chi connectivity index (χ3v) is 4.42. The van der Waals surface area contributed by atoms with Gasteiger partial charge in [0, 0.05) is 31.5 Å². The molecule has 148 valence electrons. The van der Waals surface area contributed by atoms with Crippen LogP contribution in [0.1, 0.15) is 6.92 Å². The number of urea groups is 1. The van der Waals surface area contributed by atoms with Crippen molar-refractivity contribution in [1.82, 2.24) is 15.5 Å². The first-order valence-electron chi connectivity index (χ1n) is 8.86. The van der Waals surface area contributed by atoms with Crippen molar-refractivity contribution in [2.45, 2.75) is 13.0 Å². The van der Waals surface area contributed by atoms with E-state index in [0.717, 1.165) is 32.0 Å². The molecule has 2 rings (SSSR count). The monoisotopic (exact) mass is 377 g/mol. The highest BCUT2D eigenvalue weighted by atomic mass is 16.5. The second-order valence-electron chi connectivity index (χ2n) is 6.35. The van der Waals surface area contributed by atoms with E-state index in [2.05, 4.69) is 20.9 Å². The Bertz CT molecular complexity index is 658. The second kappa shape index (κ2) is 9.89. The number of nitrogens with one attached hydrogen (secondary N) is 3. The van der Waals surface area contributed by atoms with Crippen LogP contribution in [-0.4, -0.2) is 75.7 Å². The Morgan fingerprint density at radius 1 is 1.19 bits per heavy atom. The molecule has 3 N–H and O–H groups in total. The maximum atomic E-state index is 12.2. The van der Waals surface area contributed by atoms with Crippen molar-refractivity contribution in [3.05, 3.63) is 24.3 Å². The molecule has 1 atom stereocenters. The molecule has 4 amide bonds. The van der Waals surface area contributed by atoms with E-state index in [1.165, 1.54) is 7.05 Å². The van der Waals surface area contributed by atoms with Crippen molar-refractivity contribution in [3.63, 3.8) is 0 Å². The Hall–Kier alpha value is -2.65. The number of anilines is 2. The van der Waals surface area contributed by atoms with Crippen LogP contribution >= 0.6 is 0 Å². The lowest BCUT2D eigenvalue weighted by Gasteiger charge is -2.29. The summed E-state index contributed by atoms with van der Waals surface area (Å²) < 4.78 is 5.34. The molecule has 1 saturated heterocycles. The van der Waals surface area contributed by atoms with Crippen LogP contribution in [0.4, 0.5) is 16.2 Å². The van der Waals surface area contributed by atoms with Crippen molar-refractivity contribution >= 4 is 29.2 Å². The number of amides is 4. The lowest BCUT2D eigenvalue weighted by atomic mass is 10.2. The van der Waals surface area contributed by atoms with E-state index in [1.807, 2.05) is 24.3 Å². The number of likely N-dealkylation sites (N-methyl/N-ethyl adjacent to an activating group) is 1. The minimum absolute atomic E-state index is 0.0214. The average Bonchev–Trinajstić information content (AvgIpc) is 2.68. The fourth-order valence-electron chi connectivity index (χ4n) is 2.62. The Morgan fingerprint density at radius 2 is 1.81 bits per heavy atom. The van der Waals surface area contributed by atoms with Crippen molar-refractivity contribution in [1.29, 1.82) is 0 Å². The minimum Gasteiger partial charge on any atom is -0.378 e. The summed E-state index contributed by atoms with van der Waals surface area (Å²) in [5.41, 5.74) is 1.78. The van der Waals surface area contributed by atoms with E-state index in [4.69, 9.17) is 4.74 Å². The lowest BCUT2D eigenvalue weighted by molar-refractivity contribution is -0.125. The normalized spacial score (nSPS) is 15.2. The van der Waals surface area contributed by atoms with Gasteiger partial charge in [-0.15, -0.1) is 0 Å². The fraction of sp³-hybridized carbons (Fsp3) is 0.500. The summed E-state index contributed by atoms with van der Waals surface area (Å²) >= 11 is 0. The number of rotatable bonds is 6. The molecule has 9 heteroatoms. The van der Waals surface area contributed by atoms with Crippen LogP contribution in [0.3, 0.4) is 0 Å². The van der Waals surface area contributed by atoms with Gasteiger partial charge in [-0.2, -0.15) is 0 Å². The molecule has 1 aromatic carbocycles. The van der Waals surface area contributed by atoms with Crippen LogP contribution in [0.15, 0.2) is 24.3 Å². The third kappa shape index (κ3) is 6.22. The molecule has 1 heterocycles. The Morgan fingerprint density at radius 3 is 2.41 bits per heavy atom. The number of nitrogens with zero attached hydrogens (tertiary/aromatic N) is 2. The smallest absolute Gasteiger partial charge is 0.321 e. The standard InChI is InChI=1S/C18H27N5O4/c1-13(17(25)21-18(26)19-2)22(3)12-16(24)20-14-4-6-15(7-5-14)23-8-10-27-11-9-23/h4-7,13H,8-12H2,1-3H3,(H,20,24)(H2,19,21,25,26)/t13-/m1/s1. The van der Waals surface area contributed by atoms with E-state index in [9.17, 15) is 14.4 Å². The fourth-order valence-corrected chi connectivity index (χ4v) is 2.62. The van der Waals surface area contributed by atoms with Gasteiger partial charge in [-0.3, -0.25) is 19.8 Å². The van der Waals surface area contributed by atoms with Crippen LogP contribution in [0.2, 0.25) is 0 Å². The first-order valence-corrected chi connectivity index (χ1v) is 8.86. The minimum atomic E-state index is -0.628. The molecule has 0 aromatic heterocycles. The maximum Gasteiger partial charge on any atom is 0.321 e. The molecule has 0 bridgehead atoms. The highest BCUT2D eigenvalue weighted by Gasteiger charge is 2.21. The molecule has 0 unspecified atom stereocenters. The van der Waals surface area contributed by atoms with Gasteiger partial charge in [0.2, 0.25) is 11.8 Å². The number of imide groups is 1. The zero-order chi connectivity index (χ0) is 19.8. The van der Waals surface area contributed by atoms with Gasteiger partial charge in [0.1, 0.15) is 0 Å². The highest BCUT2D eigenvalue weighted by Crippen LogP contribution is 2.19. The average molecular weight is 377 g/mol. The largest absolute Gasteiger partial charge is 0.378 e. The molecule has 1 aliphatic heterocycles. The third-order valence-electron chi connectivity index (χ3n) is 4.42. The summed E-state index contributed by atoms with van der Waals surface area (Å²) in [6.45, 7) is 4.79. The van der Waals surface area contributed by atoms with Gasteiger partial charge in [0.15, 0.2) is 0 Å². The molecule has 27 heavy (non-hydrogen) atoms. The molecule has 9 nitrogen and oxygen atoms in total. The van der Waals surface area contributed by atoms with Gasteiger partial charge in [-0.1, -0.05) is 0 Å². The van der Waals surface area contributed by atoms with Crippen LogP contribution in [0.25, 0.3) is 0 Å². The Balaban J connectivity index is 1.83. The van der Waals surface area contributed by atoms with E-state index in [0.29, 0.717) is 5.69 Å². The van der Waals surface area contributed by atoms with Gasteiger partial charge < -0.3 is 20.3 Å². The number of carbonyl (C=O) groups excluding carboxylic acids is 3. The number of ether oxygens (including phenoxy) is 1. The molecule has 0 radical (unpaired) electrons. The highest BCUT2D eigenvalue weighted by molar-refractivity contribution is 5.97. The molecular weight excluding hydrogens is 350 g/mol. The first-order chi connectivity index (χ1) is 12.9. The number of morpholine rings is 1. The zero-order valence-corrected chi connectivity index (χ0v) is 15.9. The predicted molar refractivity (Wildman–Crippen MR) is 103 cm³/mol. The van der Waals surface area contributed by atoms with Gasteiger partial charge in [0.05, 0.1) is 25.8 Å². The lowest BCUT2D eigenvalue weighted by Crippen LogP contribution is -2.49. The van der Waals surface area contributed by atoms with Crippen LogP contribution in [0, 0.1) is 0 Å². The summed E-state index contributed by atoms with van der Waals surface area (Å²) in [6, 6.07) is 6.42. The Labute approximate surface area is 159 Å². The van der Waals surface area contributed by atoms with E-state index < -0.39 is 18.0 Å². The van der Waals surface area contributed by atoms with E-state index in [1.54, 1.807) is 18.9 Å². The van der Waals surface area contributed by atoms with Crippen LogP contribution in [0.5, 0.6) is 0 Å². The van der Waals surface area contributed by atoms with E-state index in [-0.39, 0.29) is 12.5 Å². The number of hydrogen-bond acceptors (Lipinski definition) is 6. The number of hydrogen-bond donors (Lipinski definition) is 3. The maximum absolute atomic E-state index is 12.2. The summed E-state index contributed by atoms with van der Waals surface area (Å²) in [7, 11) is 3.07. The van der Waals surface area contributed by atoms with Gasteiger partial charge in [-0.05, 0) is 38.2 Å². The van der Waals surface area contributed by atoms with Gasteiger partial charge >= 0.3 is 6.03 Å². The van der Waals surface area contributed by atoms with Gasteiger partial charge in [-0.25, -0.2) is 4.79 Å². The van der Waals surface area contributed by atoms with Crippen LogP contribution < -0.4 is 20.9 Å². The number of carbonyl (C=O) groups is 3. The van der Waals surface area contributed by atoms with Crippen molar-refractivity contribution in [2.24, 2.45) is 0 Å². The molecule has 0 spiro atoms. The number of benzene rings is 1. The molecule has 0 aliphatic carbocycles. The Kier molecular flexibility index (Phi) is 7.56. The van der Waals surface area contributed by atoms with Gasteiger partial charge in [0.25, 0.3) is 0 Å². The summed E-state index contributed by atoms with van der Waals surface area (Å²) in [4.78, 5) is 39.1. The first kappa shape index (κ1) is 20.7. The van der Waals surface area contributed by atoms with Crippen molar-refractivity contribution in [2.75, 3.05) is 57.2 Å². The zero-order valence-electron chi connectivity index (χ0n) is 15.9. The summed E-state index contributed by atoms with van der Waals surface area (Å²) in [6.07, 6.45) is 0. The second-order valence-corrected chi connectivity index (χ2v) is 6.35. The molecule has 1 aromatic rings. The topological polar surface area (TPSA) is 103 Å². The molecular formula is C18H27N5O4. The van der Waals surface area contributed by atoms with Crippen LogP contribution in [-0.2, 0) is 14.3 Å².